The minimum absolute atomic E-state index is 0.117. The molecule has 10 heteroatoms. The molecule has 0 bridgehead atoms. The Morgan fingerprint density at radius 2 is 2.00 bits per heavy atom. The molecule has 1 aliphatic heterocycles. The molecule has 0 aliphatic carbocycles. The minimum atomic E-state index is -0.300. The summed E-state index contributed by atoms with van der Waals surface area (Å²) in [6.07, 6.45) is 6.38. The molecule has 0 N–H and O–H groups in total. The van der Waals surface area contributed by atoms with E-state index in [0.717, 1.165) is 24.0 Å². The zero-order chi connectivity index (χ0) is 22.1. The van der Waals surface area contributed by atoms with Crippen LogP contribution in [0.25, 0.3) is 17.1 Å². The second-order valence-corrected chi connectivity index (χ2v) is 7.54. The molecular formula is C22H21N7O3. The van der Waals surface area contributed by atoms with Crippen LogP contribution in [-0.2, 0) is 0 Å². The Balaban J connectivity index is 1.46. The number of amides is 1. The predicted octanol–water partition coefficient (Wildman–Crippen LogP) is 3.01. The van der Waals surface area contributed by atoms with E-state index in [1.54, 1.807) is 42.7 Å². The second-order valence-electron chi connectivity index (χ2n) is 7.54. The Hall–Kier alpha value is -4.08. The molecule has 1 saturated heterocycles. The van der Waals surface area contributed by atoms with Gasteiger partial charge in [0.25, 0.3) is 5.91 Å². The van der Waals surface area contributed by atoms with Crippen LogP contribution in [0.1, 0.15) is 40.7 Å². The predicted molar refractivity (Wildman–Crippen MR) is 113 cm³/mol. The van der Waals surface area contributed by atoms with Crippen molar-refractivity contribution in [3.63, 3.8) is 0 Å². The van der Waals surface area contributed by atoms with Crippen molar-refractivity contribution in [2.75, 3.05) is 13.7 Å². The van der Waals surface area contributed by atoms with Crippen molar-refractivity contribution >= 4 is 5.91 Å². The largest absolute Gasteiger partial charge is 0.481 e. The molecule has 4 heterocycles. The van der Waals surface area contributed by atoms with E-state index in [1.807, 2.05) is 25.1 Å². The van der Waals surface area contributed by atoms with Gasteiger partial charge in [-0.25, -0.2) is 4.98 Å². The van der Waals surface area contributed by atoms with Crippen LogP contribution >= 0.6 is 0 Å². The van der Waals surface area contributed by atoms with Gasteiger partial charge in [-0.15, -0.1) is 0 Å². The number of methoxy groups -OCH3 is 1. The molecule has 1 aliphatic rings. The number of nitrogens with zero attached hydrogens (tertiary/aromatic N) is 7. The lowest BCUT2D eigenvalue weighted by Crippen LogP contribution is -2.31. The quantitative estimate of drug-likeness (QED) is 0.474. The minimum Gasteiger partial charge on any atom is -0.481 e. The molecule has 1 unspecified atom stereocenters. The van der Waals surface area contributed by atoms with Gasteiger partial charge in [0, 0.05) is 24.4 Å². The van der Waals surface area contributed by atoms with Crippen LogP contribution in [0.15, 0.2) is 53.4 Å². The number of benzene rings is 1. The van der Waals surface area contributed by atoms with Crippen molar-refractivity contribution in [3.8, 4) is 23.0 Å². The number of likely N-dealkylation sites (tertiary alicyclic amines) is 1. The molecule has 162 valence electrons. The number of aryl methyl sites for hydroxylation is 1. The van der Waals surface area contributed by atoms with Gasteiger partial charge >= 0.3 is 0 Å². The molecule has 0 saturated carbocycles. The normalized spacial score (nSPS) is 15.8. The van der Waals surface area contributed by atoms with Gasteiger partial charge in [-0.2, -0.15) is 20.0 Å². The van der Waals surface area contributed by atoms with Gasteiger partial charge in [-0.1, -0.05) is 16.8 Å². The molecular weight excluding hydrogens is 410 g/mol. The van der Waals surface area contributed by atoms with Gasteiger partial charge in [0.15, 0.2) is 0 Å². The lowest BCUT2D eigenvalue weighted by molar-refractivity contribution is 0.0709. The fourth-order valence-electron chi connectivity index (χ4n) is 3.90. The van der Waals surface area contributed by atoms with Crippen LogP contribution in [0.5, 0.6) is 5.88 Å². The molecule has 4 aromatic rings. The first-order chi connectivity index (χ1) is 15.6. The zero-order valence-corrected chi connectivity index (χ0v) is 17.7. The number of pyridine rings is 1. The van der Waals surface area contributed by atoms with Gasteiger partial charge < -0.3 is 14.2 Å². The molecule has 3 aromatic heterocycles. The van der Waals surface area contributed by atoms with E-state index >= 15 is 0 Å². The van der Waals surface area contributed by atoms with Gasteiger partial charge in [0.1, 0.15) is 6.04 Å². The maximum Gasteiger partial charge on any atom is 0.256 e. The third kappa shape index (κ3) is 3.59. The van der Waals surface area contributed by atoms with E-state index < -0.39 is 0 Å². The molecule has 10 nitrogen and oxygen atoms in total. The van der Waals surface area contributed by atoms with E-state index in [-0.39, 0.29) is 11.9 Å². The van der Waals surface area contributed by atoms with E-state index in [9.17, 15) is 4.79 Å². The number of rotatable bonds is 5. The number of hydrogen-bond donors (Lipinski definition) is 0. The molecule has 32 heavy (non-hydrogen) atoms. The van der Waals surface area contributed by atoms with Crippen molar-refractivity contribution in [2.24, 2.45) is 0 Å². The molecule has 0 radical (unpaired) electrons. The summed E-state index contributed by atoms with van der Waals surface area (Å²) in [6.45, 7) is 2.55. The monoisotopic (exact) mass is 431 g/mol. The molecule has 1 amide bonds. The lowest BCUT2D eigenvalue weighted by atomic mass is 10.1. The summed E-state index contributed by atoms with van der Waals surface area (Å²) in [4.78, 5) is 25.5. The Kier molecular flexibility index (Phi) is 5.10. The van der Waals surface area contributed by atoms with E-state index in [1.165, 1.54) is 4.80 Å². The molecule has 1 atom stereocenters. The average Bonchev–Trinajstić information content (AvgIpc) is 3.59. The highest BCUT2D eigenvalue weighted by molar-refractivity contribution is 5.98. The van der Waals surface area contributed by atoms with Crippen LogP contribution in [0.2, 0.25) is 0 Å². The van der Waals surface area contributed by atoms with Gasteiger partial charge in [0.2, 0.25) is 17.6 Å². The topological polar surface area (TPSA) is 112 Å². The number of hydrogen-bond acceptors (Lipinski definition) is 8. The highest BCUT2D eigenvalue weighted by atomic mass is 16.5. The fraction of sp³-hybridized carbons (Fsp3) is 0.273. The maximum absolute atomic E-state index is 13.6. The fourth-order valence-corrected chi connectivity index (χ4v) is 3.90. The first-order valence-electron chi connectivity index (χ1n) is 10.3. The van der Waals surface area contributed by atoms with Crippen LogP contribution in [0, 0.1) is 6.92 Å². The number of carbonyl (C=O) groups excluding carboxylic acids is 1. The second kappa shape index (κ2) is 8.22. The first-order valence-corrected chi connectivity index (χ1v) is 10.3. The third-order valence-corrected chi connectivity index (χ3v) is 5.46. The summed E-state index contributed by atoms with van der Waals surface area (Å²) in [5, 5.41) is 12.5. The van der Waals surface area contributed by atoms with Gasteiger partial charge in [0.05, 0.1) is 30.8 Å². The molecule has 5 rings (SSSR count). The van der Waals surface area contributed by atoms with Crippen molar-refractivity contribution in [2.45, 2.75) is 25.8 Å². The van der Waals surface area contributed by atoms with Crippen LogP contribution in [0.4, 0.5) is 0 Å². The summed E-state index contributed by atoms with van der Waals surface area (Å²) in [7, 11) is 1.55. The van der Waals surface area contributed by atoms with Gasteiger partial charge in [-0.3, -0.25) is 4.79 Å². The van der Waals surface area contributed by atoms with Crippen molar-refractivity contribution in [1.29, 1.82) is 0 Å². The molecule has 0 spiro atoms. The van der Waals surface area contributed by atoms with E-state index in [0.29, 0.717) is 35.4 Å². The van der Waals surface area contributed by atoms with E-state index in [2.05, 4.69) is 25.3 Å². The average molecular weight is 431 g/mol. The summed E-state index contributed by atoms with van der Waals surface area (Å²) in [6, 6.07) is 8.87. The summed E-state index contributed by atoms with van der Waals surface area (Å²) in [5.74, 6) is 1.18. The van der Waals surface area contributed by atoms with Crippen molar-refractivity contribution in [3.05, 3.63) is 65.9 Å². The van der Waals surface area contributed by atoms with Crippen molar-refractivity contribution < 1.29 is 14.1 Å². The highest BCUT2D eigenvalue weighted by Gasteiger charge is 2.35. The third-order valence-electron chi connectivity index (χ3n) is 5.46. The summed E-state index contributed by atoms with van der Waals surface area (Å²) < 4.78 is 10.7. The molecule has 1 fully saturated rings. The molecule has 1 aromatic carbocycles. The van der Waals surface area contributed by atoms with Crippen LogP contribution < -0.4 is 4.74 Å². The van der Waals surface area contributed by atoms with Crippen molar-refractivity contribution in [1.82, 2.24) is 35.0 Å². The summed E-state index contributed by atoms with van der Waals surface area (Å²) >= 11 is 0. The summed E-state index contributed by atoms with van der Waals surface area (Å²) in [5.41, 5.74) is 2.87. The smallest absolute Gasteiger partial charge is 0.256 e. The number of aromatic nitrogens is 6. The SMILES string of the molecule is COc1cc(-c2noc(C3CCCN3C(=O)c3cc(C)ccc3-n3nccn3)n2)ccn1. The number of ether oxygens (including phenoxy) is 1. The highest BCUT2D eigenvalue weighted by Crippen LogP contribution is 2.34. The lowest BCUT2D eigenvalue weighted by Gasteiger charge is -2.23. The van der Waals surface area contributed by atoms with Gasteiger partial charge in [-0.05, 0) is 38.0 Å². The maximum atomic E-state index is 13.6. The Bertz CT molecular complexity index is 1250. The number of carbonyl (C=O) groups is 1. The Morgan fingerprint density at radius 3 is 2.81 bits per heavy atom. The van der Waals surface area contributed by atoms with Crippen LogP contribution in [0.3, 0.4) is 0 Å². The van der Waals surface area contributed by atoms with E-state index in [4.69, 9.17) is 9.26 Å². The Labute approximate surface area is 183 Å². The Morgan fingerprint density at radius 1 is 1.16 bits per heavy atom. The standard InChI is InChI=1S/C22H21N7O3/c1-14-5-6-17(29-24-9-10-25-29)16(12-14)22(30)28-11-3-4-18(28)21-26-20(27-32-21)15-7-8-23-19(13-15)31-2/h5-10,12-13,18H,3-4,11H2,1-2H3. The van der Waals surface area contributed by atoms with Crippen LogP contribution in [-0.4, -0.2) is 54.6 Å². The first kappa shape index (κ1) is 19.9. The zero-order valence-electron chi connectivity index (χ0n) is 17.7.